The van der Waals surface area contributed by atoms with Crippen molar-refractivity contribution in [3.8, 4) is 29.1 Å². The Labute approximate surface area is 188 Å². The van der Waals surface area contributed by atoms with Crippen LogP contribution in [0.5, 0.6) is 0 Å². The largest absolute Gasteiger partial charge is 0.457 e. The molecule has 2 heterocycles. The molecule has 0 radical (unpaired) electrons. The molecule has 0 aliphatic rings. The van der Waals surface area contributed by atoms with Crippen molar-refractivity contribution < 1.29 is 9.34 Å². The average Bonchev–Trinajstić information content (AvgIpc) is 3.42. The van der Waals surface area contributed by atoms with E-state index in [-0.39, 0.29) is 28.3 Å². The van der Waals surface area contributed by atoms with Crippen molar-refractivity contribution in [1.82, 2.24) is 9.78 Å². The van der Waals surface area contributed by atoms with Crippen LogP contribution in [0, 0.1) is 39.7 Å². The number of allylic oxidation sites excluding steroid dienone is 1. The first-order valence-corrected chi connectivity index (χ1v) is 9.74. The van der Waals surface area contributed by atoms with Crippen LogP contribution in [0.2, 0.25) is 0 Å². The fourth-order valence-corrected chi connectivity index (χ4v) is 3.36. The van der Waals surface area contributed by atoms with Gasteiger partial charge in [-0.2, -0.15) is 15.6 Å². The molecule has 0 saturated carbocycles. The number of benzene rings is 2. The van der Waals surface area contributed by atoms with Crippen LogP contribution < -0.4 is 5.73 Å². The summed E-state index contributed by atoms with van der Waals surface area (Å²) in [6.07, 6.45) is 1.45. The van der Waals surface area contributed by atoms with Gasteiger partial charge in [0.2, 0.25) is 0 Å². The fraction of sp³-hybridized carbons (Fsp3) is 0.0417. The van der Waals surface area contributed by atoms with Crippen LogP contribution in [0.4, 0.5) is 11.5 Å². The SMILES string of the molecule is Cc1ccc([N+](=O)[O-])cc1-c1ccc(/C=C(\C#N)c2nn(-c3ccccc3)c(N)c2C#N)o1. The summed E-state index contributed by atoms with van der Waals surface area (Å²) in [6.45, 7) is 1.82. The van der Waals surface area contributed by atoms with Gasteiger partial charge in [0.25, 0.3) is 5.69 Å². The van der Waals surface area contributed by atoms with E-state index in [1.54, 1.807) is 30.3 Å². The first-order chi connectivity index (χ1) is 15.9. The lowest BCUT2D eigenvalue weighted by Gasteiger charge is -2.02. The number of nitrogens with zero attached hydrogens (tertiary/aromatic N) is 5. The monoisotopic (exact) mass is 436 g/mol. The Bertz CT molecular complexity index is 1480. The molecule has 4 rings (SSSR count). The van der Waals surface area contributed by atoms with E-state index in [1.165, 1.54) is 22.9 Å². The van der Waals surface area contributed by atoms with E-state index in [1.807, 2.05) is 37.3 Å². The second-order valence-corrected chi connectivity index (χ2v) is 7.10. The van der Waals surface area contributed by atoms with Gasteiger partial charge in [0.15, 0.2) is 0 Å². The van der Waals surface area contributed by atoms with Crippen molar-refractivity contribution in [1.29, 1.82) is 10.5 Å². The van der Waals surface area contributed by atoms with Gasteiger partial charge in [-0.05, 0) is 36.8 Å². The highest BCUT2D eigenvalue weighted by Crippen LogP contribution is 2.31. The molecule has 0 fully saturated rings. The third-order valence-corrected chi connectivity index (χ3v) is 5.02. The number of nitro benzene ring substituents is 1. The van der Waals surface area contributed by atoms with E-state index in [0.717, 1.165) is 5.56 Å². The van der Waals surface area contributed by atoms with Crippen molar-refractivity contribution >= 4 is 23.2 Å². The highest BCUT2D eigenvalue weighted by Gasteiger charge is 2.20. The first-order valence-electron chi connectivity index (χ1n) is 9.74. The topological polar surface area (TPSA) is 148 Å². The number of anilines is 1. The van der Waals surface area contributed by atoms with Gasteiger partial charge < -0.3 is 10.2 Å². The highest BCUT2D eigenvalue weighted by atomic mass is 16.6. The predicted octanol–water partition coefficient (Wildman–Crippen LogP) is 4.87. The molecule has 0 bridgehead atoms. The zero-order valence-corrected chi connectivity index (χ0v) is 17.4. The van der Waals surface area contributed by atoms with Gasteiger partial charge in [-0.15, -0.1) is 0 Å². The number of furan rings is 1. The summed E-state index contributed by atoms with van der Waals surface area (Å²) in [5.74, 6) is 0.853. The molecule has 9 nitrogen and oxygen atoms in total. The minimum Gasteiger partial charge on any atom is -0.457 e. The minimum absolute atomic E-state index is 0.0533. The molecule has 0 saturated heterocycles. The number of rotatable bonds is 5. The molecular weight excluding hydrogens is 420 g/mol. The maximum atomic E-state index is 11.1. The third-order valence-electron chi connectivity index (χ3n) is 5.02. The van der Waals surface area contributed by atoms with Crippen LogP contribution >= 0.6 is 0 Å². The van der Waals surface area contributed by atoms with Crippen LogP contribution in [0.3, 0.4) is 0 Å². The summed E-state index contributed by atoms with van der Waals surface area (Å²) in [5, 5.41) is 34.9. The van der Waals surface area contributed by atoms with E-state index in [0.29, 0.717) is 22.8 Å². The number of non-ortho nitro benzene ring substituents is 1. The fourth-order valence-electron chi connectivity index (χ4n) is 3.36. The Balaban J connectivity index is 1.76. The van der Waals surface area contributed by atoms with Crippen LogP contribution in [-0.4, -0.2) is 14.7 Å². The number of nitro groups is 1. The van der Waals surface area contributed by atoms with Crippen molar-refractivity contribution in [3.05, 3.63) is 93.4 Å². The Kier molecular flexibility index (Phi) is 5.46. The summed E-state index contributed by atoms with van der Waals surface area (Å²) < 4.78 is 7.24. The van der Waals surface area contributed by atoms with E-state index in [4.69, 9.17) is 10.2 Å². The summed E-state index contributed by atoms with van der Waals surface area (Å²) in [4.78, 5) is 10.6. The molecular formula is C24H16N6O3. The number of nitrogen functional groups attached to an aromatic ring is 1. The number of aromatic nitrogens is 2. The van der Waals surface area contributed by atoms with Crippen LogP contribution in [0.15, 0.2) is 65.1 Å². The number of hydrogen-bond acceptors (Lipinski definition) is 7. The lowest BCUT2D eigenvalue weighted by atomic mass is 10.1. The molecule has 0 aliphatic heterocycles. The molecule has 0 amide bonds. The summed E-state index contributed by atoms with van der Waals surface area (Å²) >= 11 is 0. The van der Waals surface area contributed by atoms with Crippen molar-refractivity contribution in [3.63, 3.8) is 0 Å². The third kappa shape index (κ3) is 3.94. The second-order valence-electron chi connectivity index (χ2n) is 7.10. The summed E-state index contributed by atoms with van der Waals surface area (Å²) in [5.41, 5.74) is 8.39. The minimum atomic E-state index is -0.475. The Morgan fingerprint density at radius 2 is 1.94 bits per heavy atom. The summed E-state index contributed by atoms with van der Waals surface area (Å²) in [6, 6.07) is 20.9. The van der Waals surface area contributed by atoms with Crippen molar-refractivity contribution in [2.24, 2.45) is 0 Å². The highest BCUT2D eigenvalue weighted by molar-refractivity contribution is 5.91. The molecule has 33 heavy (non-hydrogen) atoms. The molecule has 160 valence electrons. The van der Waals surface area contributed by atoms with Gasteiger partial charge in [0.1, 0.15) is 40.7 Å². The van der Waals surface area contributed by atoms with Gasteiger partial charge in [-0.25, -0.2) is 4.68 Å². The standard InChI is InChI=1S/C24H16N6O3/c1-15-7-8-18(30(31)32)12-20(15)22-10-9-19(33-22)11-16(13-25)23-21(14-26)24(27)29(28-23)17-5-3-2-4-6-17/h2-12H,27H2,1H3/b16-11+. The van der Waals surface area contributed by atoms with Crippen LogP contribution in [0.1, 0.15) is 22.6 Å². The number of hydrogen-bond donors (Lipinski definition) is 1. The molecule has 0 spiro atoms. The smallest absolute Gasteiger partial charge is 0.270 e. The van der Waals surface area contributed by atoms with Gasteiger partial charge in [-0.1, -0.05) is 24.3 Å². The molecule has 0 unspecified atom stereocenters. The average molecular weight is 436 g/mol. The number of nitrogens with two attached hydrogens (primary N) is 1. The van der Waals surface area contributed by atoms with E-state index in [9.17, 15) is 20.6 Å². The lowest BCUT2D eigenvalue weighted by Crippen LogP contribution is -2.02. The maximum Gasteiger partial charge on any atom is 0.270 e. The zero-order chi connectivity index (χ0) is 23.5. The van der Waals surface area contributed by atoms with Crippen LogP contribution in [-0.2, 0) is 0 Å². The van der Waals surface area contributed by atoms with E-state index >= 15 is 0 Å². The van der Waals surface area contributed by atoms with Crippen molar-refractivity contribution in [2.75, 3.05) is 5.73 Å². The zero-order valence-electron chi connectivity index (χ0n) is 17.4. The molecule has 4 aromatic rings. The molecule has 0 aliphatic carbocycles. The Morgan fingerprint density at radius 3 is 2.61 bits per heavy atom. The predicted molar refractivity (Wildman–Crippen MR) is 122 cm³/mol. The van der Waals surface area contributed by atoms with Gasteiger partial charge in [0, 0.05) is 23.8 Å². The van der Waals surface area contributed by atoms with Gasteiger partial charge in [-0.3, -0.25) is 10.1 Å². The Hall–Kier alpha value is -5.15. The van der Waals surface area contributed by atoms with Gasteiger partial charge in [0.05, 0.1) is 16.2 Å². The van der Waals surface area contributed by atoms with Crippen molar-refractivity contribution in [2.45, 2.75) is 6.92 Å². The quantitative estimate of drug-likeness (QED) is 0.266. The van der Waals surface area contributed by atoms with Gasteiger partial charge >= 0.3 is 0 Å². The second kappa shape index (κ2) is 8.53. The molecule has 2 aromatic heterocycles. The molecule has 9 heteroatoms. The normalized spacial score (nSPS) is 11.1. The number of aryl methyl sites for hydroxylation is 1. The first kappa shape index (κ1) is 21.1. The molecule has 0 atom stereocenters. The maximum absolute atomic E-state index is 11.1. The Morgan fingerprint density at radius 1 is 1.18 bits per heavy atom. The van der Waals surface area contributed by atoms with E-state index < -0.39 is 4.92 Å². The number of nitriles is 2. The number of para-hydroxylation sites is 1. The summed E-state index contributed by atoms with van der Waals surface area (Å²) in [7, 11) is 0. The van der Waals surface area contributed by atoms with Crippen LogP contribution in [0.25, 0.3) is 28.7 Å². The molecule has 2 aromatic carbocycles. The molecule has 2 N–H and O–H groups in total. The van der Waals surface area contributed by atoms with E-state index in [2.05, 4.69) is 5.10 Å². The lowest BCUT2D eigenvalue weighted by molar-refractivity contribution is -0.384.